The zero-order chi connectivity index (χ0) is 19.1. The Labute approximate surface area is 153 Å². The molecule has 0 aromatic heterocycles. The number of rotatable bonds is 1. The number of Topliss-reactive ketones (excluding diaryl/α,β-unsaturated/α-hetero) is 1. The van der Waals surface area contributed by atoms with Crippen LogP contribution in [0.1, 0.15) is 46.5 Å². The largest absolute Gasteiger partial charge is 0.390 e. The predicted octanol–water partition coefficient (Wildman–Crippen LogP) is 1.56. The van der Waals surface area contributed by atoms with Crippen molar-refractivity contribution >= 4 is 11.6 Å². The molecule has 5 nitrogen and oxygen atoms in total. The monoisotopic (exact) mass is 360 g/mol. The van der Waals surface area contributed by atoms with Crippen LogP contribution in [0.25, 0.3) is 0 Å². The molecule has 0 radical (unpaired) electrons. The SMILES string of the molecule is CC(=O)[C@@]1(O)CC[C@H]2[C@@H]3[C@H](O)[C@H](O)C4=CC(=O)C=C[C@]4(C)[C@H]3CC[C@@]21C. The van der Waals surface area contributed by atoms with Gasteiger partial charge in [0.1, 0.15) is 11.7 Å². The van der Waals surface area contributed by atoms with Crippen LogP contribution in [0, 0.1) is 28.6 Å². The summed E-state index contributed by atoms with van der Waals surface area (Å²) < 4.78 is 0. The van der Waals surface area contributed by atoms with E-state index in [-0.39, 0.29) is 29.3 Å². The van der Waals surface area contributed by atoms with Crippen LogP contribution in [-0.4, -0.2) is 44.7 Å². The van der Waals surface area contributed by atoms with Crippen molar-refractivity contribution in [2.75, 3.05) is 0 Å². The number of hydrogen-bond acceptors (Lipinski definition) is 5. The molecule has 0 aromatic rings. The third-order valence-electron chi connectivity index (χ3n) is 8.39. The van der Waals surface area contributed by atoms with E-state index in [2.05, 4.69) is 0 Å². The number of aliphatic hydroxyl groups is 3. The lowest BCUT2D eigenvalue weighted by atomic mass is 9.46. The highest BCUT2D eigenvalue weighted by Crippen LogP contribution is 2.67. The van der Waals surface area contributed by atoms with Gasteiger partial charge in [-0.2, -0.15) is 0 Å². The fourth-order valence-electron chi connectivity index (χ4n) is 6.81. The average Bonchev–Trinajstić information content (AvgIpc) is 2.87. The van der Waals surface area contributed by atoms with Gasteiger partial charge in [0.15, 0.2) is 11.6 Å². The molecule has 4 rings (SSSR count). The van der Waals surface area contributed by atoms with Gasteiger partial charge in [0.05, 0.1) is 6.10 Å². The standard InChI is InChI=1S/C21H28O5/c1-11(22)21(26)9-6-14-16-13(5-8-20(14,21)3)19(2)7-4-12(23)10-15(19)17(24)18(16)25/h4,7,10,13-14,16-18,24-26H,5-6,8-9H2,1-3H3/t13-,14-,16+,17+,18-,19+,20-,21-/m0/s1. The second-order valence-electron chi connectivity index (χ2n) is 9.26. The fraction of sp³-hybridized carbons (Fsp3) is 0.714. The van der Waals surface area contributed by atoms with E-state index in [4.69, 9.17) is 0 Å². The van der Waals surface area contributed by atoms with E-state index in [0.717, 1.165) is 6.42 Å². The van der Waals surface area contributed by atoms with Crippen LogP contribution in [-0.2, 0) is 9.59 Å². The molecule has 142 valence electrons. The highest BCUT2D eigenvalue weighted by molar-refractivity contribution is 6.01. The Kier molecular flexibility index (Phi) is 3.73. The number of carbonyl (C=O) groups excluding carboxylic acids is 2. The summed E-state index contributed by atoms with van der Waals surface area (Å²) in [6.45, 7) is 5.45. The second kappa shape index (κ2) is 5.37. The first kappa shape index (κ1) is 18.1. The summed E-state index contributed by atoms with van der Waals surface area (Å²) in [4.78, 5) is 24.1. The van der Waals surface area contributed by atoms with Gasteiger partial charge < -0.3 is 15.3 Å². The molecule has 4 aliphatic rings. The number of carbonyl (C=O) groups is 2. The highest BCUT2D eigenvalue weighted by Gasteiger charge is 2.67. The summed E-state index contributed by atoms with van der Waals surface area (Å²) in [5.41, 5.74) is -1.83. The maximum absolute atomic E-state index is 12.2. The molecule has 0 aliphatic heterocycles. The lowest BCUT2D eigenvalue weighted by molar-refractivity contribution is -0.175. The van der Waals surface area contributed by atoms with Gasteiger partial charge in [-0.3, -0.25) is 9.59 Å². The van der Waals surface area contributed by atoms with E-state index in [1.54, 1.807) is 6.08 Å². The summed E-state index contributed by atoms with van der Waals surface area (Å²) >= 11 is 0. The Balaban J connectivity index is 1.80. The lowest BCUT2D eigenvalue weighted by Crippen LogP contribution is -2.62. The molecule has 4 aliphatic carbocycles. The molecule has 3 fully saturated rings. The fourth-order valence-corrected chi connectivity index (χ4v) is 6.81. The Hall–Kier alpha value is -1.30. The molecular weight excluding hydrogens is 332 g/mol. The number of aliphatic hydroxyl groups excluding tert-OH is 2. The molecule has 3 saturated carbocycles. The molecule has 0 saturated heterocycles. The van der Waals surface area contributed by atoms with Crippen molar-refractivity contribution in [3.8, 4) is 0 Å². The van der Waals surface area contributed by atoms with Crippen molar-refractivity contribution in [1.82, 2.24) is 0 Å². The zero-order valence-corrected chi connectivity index (χ0v) is 15.6. The predicted molar refractivity (Wildman–Crippen MR) is 95.0 cm³/mol. The van der Waals surface area contributed by atoms with Crippen molar-refractivity contribution in [3.05, 3.63) is 23.8 Å². The van der Waals surface area contributed by atoms with Gasteiger partial charge in [-0.25, -0.2) is 0 Å². The molecule has 0 amide bonds. The molecule has 0 unspecified atom stereocenters. The van der Waals surface area contributed by atoms with E-state index in [1.165, 1.54) is 13.0 Å². The topological polar surface area (TPSA) is 94.8 Å². The summed E-state index contributed by atoms with van der Waals surface area (Å²) in [5.74, 6) is -0.540. The highest BCUT2D eigenvalue weighted by atomic mass is 16.3. The molecule has 8 atom stereocenters. The Bertz CT molecular complexity index is 739. The molecule has 5 heteroatoms. The van der Waals surface area contributed by atoms with Gasteiger partial charge in [-0.1, -0.05) is 19.9 Å². The Morgan fingerprint density at radius 2 is 1.81 bits per heavy atom. The van der Waals surface area contributed by atoms with Gasteiger partial charge in [-0.05, 0) is 68.1 Å². The maximum atomic E-state index is 12.2. The lowest BCUT2D eigenvalue weighted by Gasteiger charge is -2.60. The van der Waals surface area contributed by atoms with E-state index >= 15 is 0 Å². The third kappa shape index (κ3) is 1.97. The van der Waals surface area contributed by atoms with Crippen molar-refractivity contribution in [3.63, 3.8) is 0 Å². The number of allylic oxidation sites excluding steroid dienone is 3. The van der Waals surface area contributed by atoms with E-state index < -0.39 is 28.6 Å². The molecule has 0 heterocycles. The van der Waals surface area contributed by atoms with Crippen LogP contribution in [0.15, 0.2) is 23.8 Å². The van der Waals surface area contributed by atoms with Crippen LogP contribution in [0.3, 0.4) is 0 Å². The van der Waals surface area contributed by atoms with Crippen molar-refractivity contribution in [2.24, 2.45) is 28.6 Å². The van der Waals surface area contributed by atoms with Crippen LogP contribution >= 0.6 is 0 Å². The number of hydrogen-bond donors (Lipinski definition) is 3. The molecule has 0 bridgehead atoms. The van der Waals surface area contributed by atoms with Gasteiger partial charge in [0.25, 0.3) is 0 Å². The van der Waals surface area contributed by atoms with Crippen LogP contribution < -0.4 is 0 Å². The number of fused-ring (bicyclic) bond motifs is 5. The van der Waals surface area contributed by atoms with Gasteiger partial charge in [0, 0.05) is 10.8 Å². The normalized spacial score (nSPS) is 52.8. The third-order valence-corrected chi connectivity index (χ3v) is 8.39. The average molecular weight is 360 g/mol. The smallest absolute Gasteiger partial charge is 0.178 e. The Morgan fingerprint density at radius 3 is 2.46 bits per heavy atom. The zero-order valence-electron chi connectivity index (χ0n) is 15.6. The maximum Gasteiger partial charge on any atom is 0.178 e. The van der Waals surface area contributed by atoms with Crippen molar-refractivity contribution in [1.29, 1.82) is 0 Å². The van der Waals surface area contributed by atoms with E-state index in [9.17, 15) is 24.9 Å². The first-order valence-electron chi connectivity index (χ1n) is 9.61. The summed E-state index contributed by atoms with van der Waals surface area (Å²) in [5, 5.41) is 32.9. The second-order valence-corrected chi connectivity index (χ2v) is 9.26. The van der Waals surface area contributed by atoms with Crippen molar-refractivity contribution in [2.45, 2.75) is 64.3 Å². The van der Waals surface area contributed by atoms with Gasteiger partial charge >= 0.3 is 0 Å². The molecular formula is C21H28O5. The van der Waals surface area contributed by atoms with Crippen molar-refractivity contribution < 1.29 is 24.9 Å². The quantitative estimate of drug-likeness (QED) is 0.660. The van der Waals surface area contributed by atoms with Crippen LogP contribution in [0.2, 0.25) is 0 Å². The first-order chi connectivity index (χ1) is 12.1. The minimum Gasteiger partial charge on any atom is -0.390 e. The summed E-state index contributed by atoms with van der Waals surface area (Å²) in [6, 6.07) is 0. The van der Waals surface area contributed by atoms with E-state index in [1.807, 2.05) is 19.9 Å². The molecule has 0 aromatic carbocycles. The van der Waals surface area contributed by atoms with Crippen LogP contribution in [0.4, 0.5) is 0 Å². The van der Waals surface area contributed by atoms with Crippen LogP contribution in [0.5, 0.6) is 0 Å². The van der Waals surface area contributed by atoms with Gasteiger partial charge in [-0.15, -0.1) is 0 Å². The van der Waals surface area contributed by atoms with E-state index in [0.29, 0.717) is 24.8 Å². The minimum absolute atomic E-state index is 0.0378. The summed E-state index contributed by atoms with van der Waals surface area (Å²) in [6.07, 6.45) is 5.33. The number of ketones is 2. The molecule has 26 heavy (non-hydrogen) atoms. The molecule has 0 spiro atoms. The molecule has 3 N–H and O–H groups in total. The minimum atomic E-state index is -1.36. The first-order valence-corrected chi connectivity index (χ1v) is 9.61. The van der Waals surface area contributed by atoms with Gasteiger partial charge in [0.2, 0.25) is 0 Å². The summed E-state index contributed by atoms with van der Waals surface area (Å²) in [7, 11) is 0. The Morgan fingerprint density at radius 1 is 1.15 bits per heavy atom.